The van der Waals surface area contributed by atoms with Gasteiger partial charge in [0.25, 0.3) is 5.60 Å². The fourth-order valence-electron chi connectivity index (χ4n) is 10.3. The number of nitrogens with zero attached hydrogens (tertiary/aromatic N) is 1. The highest BCUT2D eigenvalue weighted by molar-refractivity contribution is 6.34. The number of rotatable bonds is 24. The first-order valence-electron chi connectivity index (χ1n) is 25.7. The van der Waals surface area contributed by atoms with Crippen molar-refractivity contribution in [3.05, 3.63) is 163 Å². The Morgan fingerprint density at radius 3 is 1.96 bits per heavy atom. The van der Waals surface area contributed by atoms with Crippen LogP contribution >= 0.6 is 23.2 Å². The van der Waals surface area contributed by atoms with Crippen LogP contribution in [0.25, 0.3) is 22.9 Å². The summed E-state index contributed by atoms with van der Waals surface area (Å²) in [5.41, 5.74) is 5.25. The molecule has 14 heteroatoms. The van der Waals surface area contributed by atoms with Crippen LogP contribution in [-0.2, 0) is 21.7 Å². The SMILES string of the molecule is CCCCCCCCCNC1C(C2C(NCC(F)(F)F)=Cc3ccccc32)=Cc2ccccc21.O=C(O)CCCCCCCCCc1ccc(C2=NOC(c3cc(Cl)cc(Cl)c3)(C(F)(F)F)C2)c2ccccc12. The minimum absolute atomic E-state index is 0.00327. The average Bonchev–Trinajstić information content (AvgIpc) is 4.08. The van der Waals surface area contributed by atoms with Gasteiger partial charge in [-0.2, -0.15) is 26.3 Å². The number of hydrogen-bond donors (Lipinski definition) is 3. The first-order chi connectivity index (χ1) is 35.1. The summed E-state index contributed by atoms with van der Waals surface area (Å²) in [7, 11) is 0. The minimum Gasteiger partial charge on any atom is -0.481 e. The Labute approximate surface area is 435 Å². The van der Waals surface area contributed by atoms with E-state index in [1.54, 1.807) is 0 Å². The van der Waals surface area contributed by atoms with E-state index in [0.29, 0.717) is 11.3 Å². The molecule has 5 aromatic rings. The number of allylic oxidation sites excluding steroid dienone is 1. The Balaban J connectivity index is 0.000000216. The normalized spacial score (nSPS) is 18.1. The second-order valence-corrected chi connectivity index (χ2v) is 20.3. The molecule has 0 spiro atoms. The molecule has 3 atom stereocenters. The van der Waals surface area contributed by atoms with Crippen LogP contribution in [0.5, 0.6) is 0 Å². The lowest BCUT2D eigenvalue weighted by Crippen LogP contribution is -2.42. The number of carbonyl (C=O) groups is 1. The van der Waals surface area contributed by atoms with Gasteiger partial charge in [0.2, 0.25) is 0 Å². The molecule has 0 bridgehead atoms. The van der Waals surface area contributed by atoms with Gasteiger partial charge in [-0.3, -0.25) is 4.79 Å². The van der Waals surface area contributed by atoms with Gasteiger partial charge in [-0.25, -0.2) is 0 Å². The summed E-state index contributed by atoms with van der Waals surface area (Å²) in [5.74, 6) is -0.955. The third-order valence-corrected chi connectivity index (χ3v) is 14.5. The Kier molecular flexibility index (Phi) is 19.6. The number of benzene rings is 5. The number of halogens is 8. The Hall–Kier alpha value is -5.30. The molecule has 0 radical (unpaired) electrons. The van der Waals surface area contributed by atoms with Gasteiger partial charge in [-0.1, -0.05) is 197 Å². The summed E-state index contributed by atoms with van der Waals surface area (Å²) < 4.78 is 82.5. The van der Waals surface area contributed by atoms with Crippen molar-refractivity contribution in [2.24, 2.45) is 5.16 Å². The van der Waals surface area contributed by atoms with Gasteiger partial charge in [0, 0.05) is 45.6 Å². The van der Waals surface area contributed by atoms with Gasteiger partial charge in [0.05, 0.1) is 11.8 Å². The zero-order valence-electron chi connectivity index (χ0n) is 41.3. The largest absolute Gasteiger partial charge is 0.481 e. The molecule has 3 N–H and O–H groups in total. The molecular formula is C59H65Cl2F6N3O3. The highest BCUT2D eigenvalue weighted by Crippen LogP contribution is 2.51. The summed E-state index contributed by atoms with van der Waals surface area (Å²) in [5, 5.41) is 21.1. The van der Waals surface area contributed by atoms with Crippen molar-refractivity contribution in [1.29, 1.82) is 0 Å². The van der Waals surface area contributed by atoms with Crippen LogP contribution < -0.4 is 10.6 Å². The number of carboxylic acid groups (broad SMARTS) is 1. The highest BCUT2D eigenvalue weighted by atomic mass is 35.5. The number of oxime groups is 1. The van der Waals surface area contributed by atoms with Crippen molar-refractivity contribution in [2.45, 2.75) is 146 Å². The standard InChI is InChI=1S/C30H30Cl2F3NO3.C29H35F3N2/c31-22-16-21(17-23(32)18-22)29(30(33,34)35)19-27(36-39-29)26-15-14-20(24-11-8-9-12-25(24)26)10-6-4-2-1-3-5-7-13-28(37)38;1-2-3-4-5-6-7-12-17-33-28-24-16-11-9-13-21(24)18-25(28)27-23-15-10-8-14-22(23)19-26(27)34-20-29(30,31)32/h8-9,11-12,14-18H,1-7,10,13,19H2,(H,37,38);8-11,13-16,18-19,27-28,33-34H,2-7,12,17,20H2,1H3. The maximum Gasteiger partial charge on any atom is 0.435 e. The van der Waals surface area contributed by atoms with E-state index < -0.39 is 36.9 Å². The zero-order chi connectivity index (χ0) is 52.0. The van der Waals surface area contributed by atoms with Crippen LogP contribution in [0.15, 0.2) is 120 Å². The van der Waals surface area contributed by atoms with Crippen LogP contribution in [0, 0.1) is 0 Å². The summed E-state index contributed by atoms with van der Waals surface area (Å²) in [6.07, 6.45) is 11.3. The lowest BCUT2D eigenvalue weighted by Gasteiger charge is -2.29. The lowest BCUT2D eigenvalue weighted by atomic mass is 9.85. The van der Waals surface area contributed by atoms with Crippen LogP contribution in [0.3, 0.4) is 0 Å². The van der Waals surface area contributed by atoms with Crippen molar-refractivity contribution in [1.82, 2.24) is 10.6 Å². The zero-order valence-corrected chi connectivity index (χ0v) is 42.8. The lowest BCUT2D eigenvalue weighted by molar-refractivity contribution is -0.275. The number of nitrogens with one attached hydrogen (secondary N) is 2. The number of unbranched alkanes of at least 4 members (excludes halogenated alkanes) is 12. The minimum atomic E-state index is -4.75. The molecular weight excluding hydrogens is 984 g/mol. The summed E-state index contributed by atoms with van der Waals surface area (Å²) in [6.45, 7) is 2.10. The molecule has 0 fully saturated rings. The van der Waals surface area contributed by atoms with Crippen LogP contribution in [0.1, 0.15) is 161 Å². The number of alkyl halides is 6. The van der Waals surface area contributed by atoms with Crippen LogP contribution in [0.4, 0.5) is 26.3 Å². The van der Waals surface area contributed by atoms with E-state index in [1.165, 1.54) is 62.3 Å². The molecule has 1 heterocycles. The Morgan fingerprint density at radius 2 is 1.30 bits per heavy atom. The Morgan fingerprint density at radius 1 is 0.712 bits per heavy atom. The molecule has 2 aliphatic carbocycles. The first-order valence-corrected chi connectivity index (χ1v) is 26.5. The molecule has 0 saturated heterocycles. The van der Waals surface area contributed by atoms with Crippen molar-refractivity contribution in [3.8, 4) is 0 Å². The third-order valence-electron chi connectivity index (χ3n) is 14.0. The Bertz CT molecular complexity index is 2730. The molecule has 5 aromatic carbocycles. The fraction of sp³-hybridized carbons (Fsp3) is 0.424. The van der Waals surface area contributed by atoms with Crippen molar-refractivity contribution < 1.29 is 41.1 Å². The number of fused-ring (bicyclic) bond motifs is 3. The maximum absolute atomic E-state index is 14.4. The van der Waals surface area contributed by atoms with Gasteiger partial charge in [0.1, 0.15) is 6.54 Å². The second kappa shape index (κ2) is 25.8. The molecule has 0 amide bonds. The number of hydrogen-bond acceptors (Lipinski definition) is 5. The smallest absolute Gasteiger partial charge is 0.435 e. The molecule has 0 aromatic heterocycles. The molecule has 8 rings (SSSR count). The molecule has 3 unspecified atom stereocenters. The van der Waals surface area contributed by atoms with E-state index in [4.69, 9.17) is 33.1 Å². The van der Waals surface area contributed by atoms with E-state index in [-0.39, 0.29) is 39.7 Å². The molecule has 73 heavy (non-hydrogen) atoms. The van der Waals surface area contributed by atoms with Crippen molar-refractivity contribution in [2.75, 3.05) is 13.1 Å². The third kappa shape index (κ3) is 14.5. The summed E-state index contributed by atoms with van der Waals surface area (Å²) in [6, 6.07) is 31.5. The van der Waals surface area contributed by atoms with Gasteiger partial charge in [0.15, 0.2) is 0 Å². The summed E-state index contributed by atoms with van der Waals surface area (Å²) >= 11 is 12.1. The quantitative estimate of drug-likeness (QED) is 0.0424. The van der Waals surface area contributed by atoms with Crippen LogP contribution in [0.2, 0.25) is 10.0 Å². The maximum atomic E-state index is 14.4. The van der Waals surface area contributed by atoms with E-state index in [1.807, 2.05) is 78.9 Å². The van der Waals surface area contributed by atoms with E-state index >= 15 is 0 Å². The van der Waals surface area contributed by atoms with Crippen molar-refractivity contribution in [3.63, 3.8) is 0 Å². The number of carboxylic acids is 1. The molecule has 3 aliphatic rings. The molecule has 390 valence electrons. The van der Waals surface area contributed by atoms with Crippen molar-refractivity contribution >= 4 is 57.8 Å². The van der Waals surface area contributed by atoms with Gasteiger partial charge < -0.3 is 20.6 Å². The van der Waals surface area contributed by atoms with Gasteiger partial charge in [-0.05, 0) is 101 Å². The van der Waals surface area contributed by atoms with E-state index in [9.17, 15) is 31.1 Å². The van der Waals surface area contributed by atoms with Gasteiger partial charge >= 0.3 is 18.3 Å². The van der Waals surface area contributed by atoms with Crippen LogP contribution in [-0.4, -0.2) is 42.2 Å². The monoisotopic (exact) mass is 1050 g/mol. The van der Waals surface area contributed by atoms with E-state index in [0.717, 1.165) is 103 Å². The fourth-order valence-corrected chi connectivity index (χ4v) is 10.9. The highest BCUT2D eigenvalue weighted by Gasteiger charge is 2.62. The first kappa shape index (κ1) is 55.5. The molecule has 0 saturated carbocycles. The molecule has 6 nitrogen and oxygen atoms in total. The molecule has 1 aliphatic heterocycles. The average molecular weight is 1050 g/mol. The predicted molar refractivity (Wildman–Crippen MR) is 283 cm³/mol. The van der Waals surface area contributed by atoms with Gasteiger partial charge in [-0.15, -0.1) is 0 Å². The second-order valence-electron chi connectivity index (χ2n) is 19.4. The number of aryl methyl sites for hydroxylation is 1. The summed E-state index contributed by atoms with van der Waals surface area (Å²) in [4.78, 5) is 15.8. The predicted octanol–water partition coefficient (Wildman–Crippen LogP) is 17.2. The van der Waals surface area contributed by atoms with E-state index in [2.05, 4.69) is 40.9 Å². The number of aliphatic carboxylic acids is 1. The topological polar surface area (TPSA) is 83.0 Å².